The van der Waals surface area contributed by atoms with Gasteiger partial charge in [-0.2, -0.15) is 0 Å². The number of carbonyl (C=O) groups excluding carboxylic acids is 1. The highest BCUT2D eigenvalue weighted by molar-refractivity contribution is 5.66. The van der Waals surface area contributed by atoms with E-state index in [4.69, 9.17) is 4.74 Å². The summed E-state index contributed by atoms with van der Waals surface area (Å²) >= 11 is 0. The van der Waals surface area contributed by atoms with Gasteiger partial charge in [-0.3, -0.25) is 4.79 Å². The second-order valence-corrected chi connectivity index (χ2v) is 15.2. The molecule has 0 radical (unpaired) electrons. The van der Waals surface area contributed by atoms with E-state index < -0.39 is 0 Å². The summed E-state index contributed by atoms with van der Waals surface area (Å²) in [6.45, 7) is 21.8. The molecule has 35 heavy (non-hydrogen) atoms. The summed E-state index contributed by atoms with van der Waals surface area (Å²) in [6, 6.07) is 0. The molecule has 202 valence electrons. The third-order valence-corrected chi connectivity index (χ3v) is 13.3. The van der Waals surface area contributed by atoms with Gasteiger partial charge in [-0.25, -0.2) is 0 Å². The van der Waals surface area contributed by atoms with E-state index in [2.05, 4.69) is 55.4 Å². The molecule has 0 aliphatic heterocycles. The number of fused-ring (bicyclic) bond motifs is 5. The van der Waals surface area contributed by atoms with Crippen molar-refractivity contribution >= 4 is 5.97 Å². The maximum absolute atomic E-state index is 11.9. The summed E-state index contributed by atoms with van der Waals surface area (Å²) in [5, 5.41) is 0. The van der Waals surface area contributed by atoms with Crippen molar-refractivity contribution in [1.82, 2.24) is 0 Å². The van der Waals surface area contributed by atoms with Gasteiger partial charge < -0.3 is 4.74 Å². The maximum Gasteiger partial charge on any atom is 0.302 e. The van der Waals surface area contributed by atoms with Crippen LogP contribution in [0.5, 0.6) is 0 Å². The van der Waals surface area contributed by atoms with E-state index in [1.165, 1.54) is 70.6 Å². The van der Waals surface area contributed by atoms with Crippen LogP contribution in [0.2, 0.25) is 0 Å². The van der Waals surface area contributed by atoms with Crippen molar-refractivity contribution in [3.63, 3.8) is 0 Å². The van der Waals surface area contributed by atoms with Gasteiger partial charge in [0.25, 0.3) is 0 Å². The van der Waals surface area contributed by atoms with Crippen molar-refractivity contribution < 1.29 is 9.53 Å². The Morgan fingerprint density at radius 2 is 1.54 bits per heavy atom. The van der Waals surface area contributed by atoms with Crippen LogP contribution in [0.3, 0.4) is 0 Å². The van der Waals surface area contributed by atoms with Crippen LogP contribution < -0.4 is 0 Å². The van der Waals surface area contributed by atoms with E-state index in [1.54, 1.807) is 6.92 Å². The Kier molecular flexibility index (Phi) is 7.58. The van der Waals surface area contributed by atoms with Crippen molar-refractivity contribution in [2.45, 2.75) is 145 Å². The molecule has 9 atom stereocenters. The third-order valence-electron chi connectivity index (χ3n) is 13.3. The Morgan fingerprint density at radius 3 is 2.17 bits per heavy atom. The normalized spacial score (nSPS) is 45.4. The maximum atomic E-state index is 11.9. The molecule has 4 saturated carbocycles. The third kappa shape index (κ3) is 4.24. The van der Waals surface area contributed by atoms with Gasteiger partial charge in [0.2, 0.25) is 0 Å². The summed E-state index contributed by atoms with van der Waals surface area (Å²) in [7, 11) is 0. The fourth-order valence-electron chi connectivity index (χ4n) is 11.2. The fraction of sp³-hybridized carbons (Fsp3) is 0.970. The van der Waals surface area contributed by atoms with Crippen LogP contribution in [0, 0.1) is 57.2 Å². The van der Waals surface area contributed by atoms with Gasteiger partial charge in [0.05, 0.1) is 0 Å². The van der Waals surface area contributed by atoms with Crippen LogP contribution >= 0.6 is 0 Å². The molecular formula is C33H58O2. The number of carbonyl (C=O) groups is 1. The molecule has 0 bridgehead atoms. The summed E-state index contributed by atoms with van der Waals surface area (Å²) < 4.78 is 5.91. The predicted molar refractivity (Wildman–Crippen MR) is 147 cm³/mol. The second-order valence-electron chi connectivity index (χ2n) is 15.2. The Bertz CT molecular complexity index is 769. The smallest absolute Gasteiger partial charge is 0.302 e. The van der Waals surface area contributed by atoms with Gasteiger partial charge in [-0.15, -0.1) is 0 Å². The SMILES string of the molecule is CC[C@@]12CC[C@]3(C)[C@@H]([C@H](C)CCCC(C)C)CC[C@@]3(C)[C@@H]1CC[C@@H]1[C@@H]2CC[C@H](OC(C)=O)C1(C)C. The van der Waals surface area contributed by atoms with E-state index in [0.29, 0.717) is 22.2 Å². The van der Waals surface area contributed by atoms with Gasteiger partial charge in [-0.1, -0.05) is 74.7 Å². The van der Waals surface area contributed by atoms with E-state index in [0.717, 1.165) is 36.0 Å². The molecule has 0 spiro atoms. The van der Waals surface area contributed by atoms with Gasteiger partial charge >= 0.3 is 5.97 Å². The molecule has 0 amide bonds. The highest BCUT2D eigenvalue weighted by Crippen LogP contribution is 2.76. The number of esters is 1. The Morgan fingerprint density at radius 1 is 0.857 bits per heavy atom. The molecule has 0 aromatic carbocycles. The predicted octanol–water partition coefficient (Wildman–Crippen LogP) is 9.46. The van der Waals surface area contributed by atoms with Crippen LogP contribution in [0.1, 0.15) is 139 Å². The van der Waals surface area contributed by atoms with Gasteiger partial charge in [0.15, 0.2) is 0 Å². The number of hydrogen-bond acceptors (Lipinski definition) is 2. The van der Waals surface area contributed by atoms with Crippen molar-refractivity contribution in [2.24, 2.45) is 57.2 Å². The Labute approximate surface area is 218 Å². The first-order valence-electron chi connectivity index (χ1n) is 15.5. The summed E-state index contributed by atoms with van der Waals surface area (Å²) in [5.41, 5.74) is 1.57. The first-order valence-corrected chi connectivity index (χ1v) is 15.5. The van der Waals surface area contributed by atoms with Crippen molar-refractivity contribution in [3.05, 3.63) is 0 Å². The summed E-state index contributed by atoms with van der Waals surface area (Å²) in [5.74, 6) is 4.87. The zero-order chi connectivity index (χ0) is 25.8. The quantitative estimate of drug-likeness (QED) is 0.335. The molecule has 0 unspecified atom stereocenters. The fourth-order valence-corrected chi connectivity index (χ4v) is 11.2. The molecule has 4 aliphatic carbocycles. The summed E-state index contributed by atoms with van der Waals surface area (Å²) in [6.07, 6.45) is 16.5. The number of hydrogen-bond donors (Lipinski definition) is 0. The number of ether oxygens (including phenoxy) is 1. The van der Waals surface area contributed by atoms with E-state index in [1.807, 2.05) is 0 Å². The molecule has 0 saturated heterocycles. The van der Waals surface area contributed by atoms with E-state index in [9.17, 15) is 4.79 Å². The molecule has 2 heteroatoms. The molecule has 4 aliphatic rings. The largest absolute Gasteiger partial charge is 0.462 e. The molecule has 4 rings (SSSR count). The first-order chi connectivity index (χ1) is 16.3. The lowest BCUT2D eigenvalue weighted by atomic mass is 9.36. The van der Waals surface area contributed by atoms with Gasteiger partial charge in [0.1, 0.15) is 6.10 Å². The highest BCUT2D eigenvalue weighted by Gasteiger charge is 2.69. The standard InChI is InChI=1S/C33H58O2/c1-10-33-21-20-31(8)25(23(4)13-11-12-22(2)3)18-19-32(31,9)28(33)16-14-26-27(33)15-17-29(30(26,6)7)35-24(5)34/h22-23,25-29H,10-21H2,1-9H3/t23-,25-,26-,27+,28+,29+,31-,32+,33+/m1/s1. The van der Waals surface area contributed by atoms with Crippen LogP contribution in [0.4, 0.5) is 0 Å². The highest BCUT2D eigenvalue weighted by atomic mass is 16.5. The molecular weight excluding hydrogens is 428 g/mol. The monoisotopic (exact) mass is 486 g/mol. The molecule has 2 nitrogen and oxygen atoms in total. The Balaban J connectivity index is 1.59. The topological polar surface area (TPSA) is 26.3 Å². The molecule has 0 heterocycles. The average Bonchev–Trinajstić information content (AvgIpc) is 3.06. The second kappa shape index (κ2) is 9.65. The van der Waals surface area contributed by atoms with Crippen LogP contribution in [0.25, 0.3) is 0 Å². The molecule has 4 fully saturated rings. The van der Waals surface area contributed by atoms with Gasteiger partial charge in [-0.05, 0) is 110 Å². The Hall–Kier alpha value is -0.530. The van der Waals surface area contributed by atoms with Crippen molar-refractivity contribution in [2.75, 3.05) is 0 Å². The minimum absolute atomic E-state index is 0.0898. The molecule has 0 aromatic rings. The molecule has 0 N–H and O–H groups in total. The average molecular weight is 487 g/mol. The lowest BCUT2D eigenvalue weighted by molar-refractivity contribution is -0.216. The van der Waals surface area contributed by atoms with Crippen molar-refractivity contribution in [1.29, 1.82) is 0 Å². The van der Waals surface area contributed by atoms with Crippen LogP contribution in [-0.2, 0) is 9.53 Å². The minimum Gasteiger partial charge on any atom is -0.462 e. The lowest BCUT2D eigenvalue weighted by Gasteiger charge is -2.69. The van der Waals surface area contributed by atoms with Crippen molar-refractivity contribution in [3.8, 4) is 0 Å². The summed E-state index contributed by atoms with van der Waals surface area (Å²) in [4.78, 5) is 11.9. The zero-order valence-corrected chi connectivity index (χ0v) is 24.8. The van der Waals surface area contributed by atoms with E-state index in [-0.39, 0.29) is 17.5 Å². The zero-order valence-electron chi connectivity index (χ0n) is 24.8. The van der Waals surface area contributed by atoms with Crippen LogP contribution in [0.15, 0.2) is 0 Å². The number of rotatable bonds is 7. The molecule has 0 aromatic heterocycles. The van der Waals surface area contributed by atoms with Gasteiger partial charge in [0, 0.05) is 12.3 Å². The van der Waals surface area contributed by atoms with Crippen LogP contribution in [-0.4, -0.2) is 12.1 Å². The van der Waals surface area contributed by atoms with E-state index >= 15 is 0 Å². The minimum atomic E-state index is -0.0964. The lowest BCUT2D eigenvalue weighted by Crippen LogP contribution is -2.63. The first kappa shape index (κ1) is 27.5.